The number of hydrogen-bond acceptors (Lipinski definition) is 6. The van der Waals surface area contributed by atoms with Crippen LogP contribution in [0.1, 0.15) is 91.9 Å². The van der Waals surface area contributed by atoms with Gasteiger partial charge >= 0.3 is 12.3 Å². The number of unbranched alkanes of at least 4 members (excludes halogenated alkanes) is 2. The highest BCUT2D eigenvalue weighted by molar-refractivity contribution is 5.60. The van der Waals surface area contributed by atoms with E-state index in [0.29, 0.717) is 31.5 Å². The van der Waals surface area contributed by atoms with Crippen LogP contribution in [0.5, 0.6) is 0 Å². The van der Waals surface area contributed by atoms with Gasteiger partial charge in [-0.3, -0.25) is 0 Å². The number of hydrogen-bond donors (Lipinski definition) is 0. The molecule has 2 unspecified atom stereocenters. The molecule has 0 saturated heterocycles. The SMILES string of the molecule is CC(C)CCCCOC(=O)OC1CCCC(OC(=O)OCCCCC(C)C)C1. The molecule has 0 bridgehead atoms. The minimum absolute atomic E-state index is 0.263. The van der Waals surface area contributed by atoms with Crippen LogP contribution in [-0.2, 0) is 18.9 Å². The Morgan fingerprint density at radius 2 is 1.18 bits per heavy atom. The van der Waals surface area contributed by atoms with Crippen LogP contribution in [0.4, 0.5) is 9.59 Å². The van der Waals surface area contributed by atoms with Crippen molar-refractivity contribution in [1.82, 2.24) is 0 Å². The molecule has 6 nitrogen and oxygen atoms in total. The lowest BCUT2D eigenvalue weighted by molar-refractivity contribution is -0.0350. The Morgan fingerprint density at radius 1 is 0.750 bits per heavy atom. The zero-order chi connectivity index (χ0) is 20.8. The molecule has 6 heteroatoms. The molecule has 1 rings (SSSR count). The summed E-state index contributed by atoms with van der Waals surface area (Å²) in [6.07, 6.45) is 7.18. The van der Waals surface area contributed by atoms with E-state index < -0.39 is 12.3 Å². The van der Waals surface area contributed by atoms with Gasteiger partial charge in [-0.05, 0) is 56.8 Å². The zero-order valence-electron chi connectivity index (χ0n) is 18.2. The molecule has 0 radical (unpaired) electrons. The van der Waals surface area contributed by atoms with E-state index in [0.717, 1.165) is 57.8 Å². The van der Waals surface area contributed by atoms with Gasteiger partial charge in [0.2, 0.25) is 0 Å². The third-order valence-corrected chi connectivity index (χ3v) is 4.90. The molecular weight excluding hydrogens is 360 g/mol. The lowest BCUT2D eigenvalue weighted by atomic mass is 9.95. The largest absolute Gasteiger partial charge is 0.508 e. The van der Waals surface area contributed by atoms with E-state index in [1.165, 1.54) is 0 Å². The maximum absolute atomic E-state index is 11.8. The molecule has 1 saturated carbocycles. The summed E-state index contributed by atoms with van der Waals surface area (Å²) < 4.78 is 21.0. The second-order valence-corrected chi connectivity index (χ2v) is 8.62. The normalized spacial score (nSPS) is 19.5. The highest BCUT2D eigenvalue weighted by Crippen LogP contribution is 2.24. The molecule has 2 atom stereocenters. The lowest BCUT2D eigenvalue weighted by Gasteiger charge is -2.28. The van der Waals surface area contributed by atoms with Crippen LogP contribution >= 0.6 is 0 Å². The first-order valence-electron chi connectivity index (χ1n) is 11.0. The maximum Gasteiger partial charge on any atom is 0.508 e. The first-order valence-corrected chi connectivity index (χ1v) is 11.0. The number of carbonyl (C=O) groups excluding carboxylic acids is 2. The molecule has 164 valence electrons. The van der Waals surface area contributed by atoms with Gasteiger partial charge in [0.05, 0.1) is 13.2 Å². The molecule has 0 spiro atoms. The van der Waals surface area contributed by atoms with E-state index in [9.17, 15) is 9.59 Å². The average molecular weight is 401 g/mol. The molecule has 0 heterocycles. The highest BCUT2D eigenvalue weighted by Gasteiger charge is 2.28. The summed E-state index contributed by atoms with van der Waals surface area (Å²) in [5.41, 5.74) is 0. The van der Waals surface area contributed by atoms with E-state index in [4.69, 9.17) is 18.9 Å². The zero-order valence-corrected chi connectivity index (χ0v) is 18.2. The molecule has 1 aliphatic rings. The standard InChI is InChI=1S/C22H40O6/c1-17(2)10-5-7-14-25-21(23)27-19-12-9-13-20(16-19)28-22(24)26-15-8-6-11-18(3)4/h17-20H,5-16H2,1-4H3. The number of carbonyl (C=O) groups is 2. The summed E-state index contributed by atoms with van der Waals surface area (Å²) >= 11 is 0. The van der Waals surface area contributed by atoms with Crippen molar-refractivity contribution in [3.8, 4) is 0 Å². The van der Waals surface area contributed by atoms with Crippen molar-refractivity contribution in [2.45, 2.75) is 104 Å². The third kappa shape index (κ3) is 12.8. The summed E-state index contributed by atoms with van der Waals surface area (Å²) in [5.74, 6) is 1.33. The van der Waals surface area contributed by atoms with E-state index in [2.05, 4.69) is 27.7 Å². The van der Waals surface area contributed by atoms with E-state index >= 15 is 0 Å². The lowest BCUT2D eigenvalue weighted by Crippen LogP contribution is -2.32. The molecule has 28 heavy (non-hydrogen) atoms. The first kappa shape index (κ1) is 24.6. The van der Waals surface area contributed by atoms with Crippen LogP contribution in [0.15, 0.2) is 0 Å². The molecule has 0 aliphatic heterocycles. The molecule has 0 aromatic carbocycles. The van der Waals surface area contributed by atoms with Gasteiger partial charge in [-0.15, -0.1) is 0 Å². The van der Waals surface area contributed by atoms with Crippen molar-refractivity contribution in [2.75, 3.05) is 13.2 Å². The monoisotopic (exact) mass is 400 g/mol. The van der Waals surface area contributed by atoms with Crippen LogP contribution in [0.2, 0.25) is 0 Å². The first-order chi connectivity index (χ1) is 13.4. The fourth-order valence-electron chi connectivity index (χ4n) is 3.28. The number of ether oxygens (including phenoxy) is 4. The molecule has 0 aromatic rings. The van der Waals surface area contributed by atoms with Crippen LogP contribution in [0, 0.1) is 11.8 Å². The summed E-state index contributed by atoms with van der Waals surface area (Å²) in [5, 5.41) is 0. The van der Waals surface area contributed by atoms with E-state index in [1.54, 1.807) is 0 Å². The topological polar surface area (TPSA) is 71.1 Å². The molecule has 1 aliphatic carbocycles. The van der Waals surface area contributed by atoms with E-state index in [1.807, 2.05) is 0 Å². The quantitative estimate of drug-likeness (QED) is 0.284. The molecular formula is C22H40O6. The minimum Gasteiger partial charge on any atom is -0.434 e. The van der Waals surface area contributed by atoms with Gasteiger partial charge < -0.3 is 18.9 Å². The molecule has 0 aromatic heterocycles. The maximum atomic E-state index is 11.8. The molecule has 0 N–H and O–H groups in total. The van der Waals surface area contributed by atoms with Crippen molar-refractivity contribution in [2.24, 2.45) is 11.8 Å². The fourth-order valence-corrected chi connectivity index (χ4v) is 3.28. The van der Waals surface area contributed by atoms with Crippen molar-refractivity contribution >= 4 is 12.3 Å². The summed E-state index contributed by atoms with van der Waals surface area (Å²) in [7, 11) is 0. The van der Waals surface area contributed by atoms with Gasteiger partial charge in [-0.2, -0.15) is 0 Å². The smallest absolute Gasteiger partial charge is 0.434 e. The Kier molecular flexibility index (Phi) is 12.8. The Hall–Kier alpha value is -1.46. The average Bonchev–Trinajstić information content (AvgIpc) is 2.60. The molecule has 0 amide bonds. The predicted molar refractivity (Wildman–Crippen MR) is 108 cm³/mol. The van der Waals surface area contributed by atoms with Gasteiger partial charge in [0.1, 0.15) is 12.2 Å². The Labute approximate surface area is 170 Å². The summed E-state index contributed by atoms with van der Waals surface area (Å²) in [6.45, 7) is 9.50. The van der Waals surface area contributed by atoms with Crippen LogP contribution < -0.4 is 0 Å². The van der Waals surface area contributed by atoms with Crippen molar-refractivity contribution < 1.29 is 28.5 Å². The van der Waals surface area contributed by atoms with Gasteiger partial charge in [-0.1, -0.05) is 40.5 Å². The second-order valence-electron chi connectivity index (χ2n) is 8.62. The second kappa shape index (κ2) is 14.5. The van der Waals surface area contributed by atoms with Gasteiger partial charge in [-0.25, -0.2) is 9.59 Å². The Balaban J connectivity index is 2.14. The highest BCUT2D eigenvalue weighted by atomic mass is 16.7. The van der Waals surface area contributed by atoms with Crippen LogP contribution in [0.25, 0.3) is 0 Å². The van der Waals surface area contributed by atoms with E-state index in [-0.39, 0.29) is 12.2 Å². The van der Waals surface area contributed by atoms with Crippen molar-refractivity contribution in [1.29, 1.82) is 0 Å². The number of rotatable bonds is 12. The van der Waals surface area contributed by atoms with Crippen LogP contribution in [0.3, 0.4) is 0 Å². The van der Waals surface area contributed by atoms with Gasteiger partial charge in [0, 0.05) is 6.42 Å². The summed E-state index contributed by atoms with van der Waals surface area (Å²) in [6, 6.07) is 0. The predicted octanol–water partition coefficient (Wildman–Crippen LogP) is 6.26. The fraction of sp³-hybridized carbons (Fsp3) is 0.909. The molecule has 1 fully saturated rings. The van der Waals surface area contributed by atoms with Gasteiger partial charge in [0.15, 0.2) is 0 Å². The minimum atomic E-state index is -0.622. The van der Waals surface area contributed by atoms with Crippen LogP contribution in [-0.4, -0.2) is 37.7 Å². The summed E-state index contributed by atoms with van der Waals surface area (Å²) in [4.78, 5) is 23.6. The third-order valence-electron chi connectivity index (χ3n) is 4.90. The van der Waals surface area contributed by atoms with Crippen molar-refractivity contribution in [3.63, 3.8) is 0 Å². The van der Waals surface area contributed by atoms with Gasteiger partial charge in [0.25, 0.3) is 0 Å². The Bertz CT molecular complexity index is 397. The van der Waals surface area contributed by atoms with Crippen molar-refractivity contribution in [3.05, 3.63) is 0 Å². The Morgan fingerprint density at radius 3 is 1.57 bits per heavy atom.